The Hall–Kier alpha value is -0.0551. The summed E-state index contributed by atoms with van der Waals surface area (Å²) < 4.78 is 5.82. The van der Waals surface area contributed by atoms with Gasteiger partial charge in [-0.3, -0.25) is 4.90 Å². The molecule has 2 heterocycles. The van der Waals surface area contributed by atoms with Crippen LogP contribution in [0.15, 0.2) is 0 Å². The lowest BCUT2D eigenvalue weighted by Crippen LogP contribution is -2.74. The second-order valence-electron chi connectivity index (χ2n) is 10.0. The van der Waals surface area contributed by atoms with Crippen LogP contribution in [0, 0.1) is 17.8 Å². The number of ether oxygens (including phenoxy) is 1. The molecule has 2 radical (unpaired) electrons. The molecule has 4 atom stereocenters. The number of hydrogen-bond donors (Lipinski definition) is 1. The predicted octanol–water partition coefficient (Wildman–Crippen LogP) is 3.69. The average molecular weight is 346 g/mol. The van der Waals surface area contributed by atoms with Crippen molar-refractivity contribution in [2.75, 3.05) is 13.2 Å². The monoisotopic (exact) mass is 346 g/mol. The summed E-state index contributed by atoms with van der Waals surface area (Å²) in [6.45, 7) is 11.3. The summed E-state index contributed by atoms with van der Waals surface area (Å²) in [5.74, 6) is 2.07. The third kappa shape index (κ3) is 3.96. The van der Waals surface area contributed by atoms with E-state index in [1.165, 1.54) is 38.5 Å². The van der Waals surface area contributed by atoms with E-state index in [4.69, 9.17) is 18.3 Å². The Bertz CT molecular complexity index is 447. The molecule has 2 aliphatic heterocycles. The van der Waals surface area contributed by atoms with Crippen LogP contribution in [0.25, 0.3) is 0 Å². The van der Waals surface area contributed by atoms with Crippen molar-refractivity contribution < 1.29 is 4.74 Å². The van der Waals surface area contributed by atoms with E-state index in [1.54, 1.807) is 0 Å². The minimum absolute atomic E-state index is 0.263. The maximum atomic E-state index is 6.54. The average Bonchev–Trinajstić information content (AvgIpc) is 2.51. The molecule has 2 saturated heterocycles. The molecule has 0 amide bonds. The minimum Gasteiger partial charge on any atom is -0.377 e. The SMILES string of the molecule is [B]C1(N)CCCCCC2C(CC(CC(C)C)C3(COC3)N2C(C)C)C1. The number of nitrogens with zero attached hydrogens (tertiary/aromatic N) is 1. The number of likely N-dealkylation sites (tertiary alicyclic amines) is 1. The lowest BCUT2D eigenvalue weighted by atomic mass is 9.60. The zero-order chi connectivity index (χ0) is 18.2. The molecule has 3 rings (SSSR count). The molecule has 3 fully saturated rings. The minimum atomic E-state index is -0.487. The molecular weight excluding hydrogens is 307 g/mol. The third-order valence-electron chi connectivity index (χ3n) is 7.06. The van der Waals surface area contributed by atoms with E-state index in [0.717, 1.165) is 32.0 Å². The van der Waals surface area contributed by atoms with Gasteiger partial charge in [0.25, 0.3) is 0 Å². The van der Waals surface area contributed by atoms with Gasteiger partial charge in [0.05, 0.1) is 26.6 Å². The molecule has 0 aromatic rings. The molecule has 2 N–H and O–H groups in total. The van der Waals surface area contributed by atoms with Crippen molar-refractivity contribution >= 4 is 7.85 Å². The van der Waals surface area contributed by atoms with Crippen LogP contribution in [0.2, 0.25) is 0 Å². The Morgan fingerprint density at radius 3 is 2.44 bits per heavy atom. The zero-order valence-corrected chi connectivity index (χ0v) is 17.0. The maximum Gasteiger partial charge on any atom is 0.0950 e. The van der Waals surface area contributed by atoms with Gasteiger partial charge in [-0.25, -0.2) is 0 Å². The highest BCUT2D eigenvalue weighted by molar-refractivity contribution is 6.15. The van der Waals surface area contributed by atoms with Crippen molar-refractivity contribution in [3.05, 3.63) is 0 Å². The molecule has 4 unspecified atom stereocenters. The van der Waals surface area contributed by atoms with Gasteiger partial charge < -0.3 is 10.5 Å². The van der Waals surface area contributed by atoms with Crippen LogP contribution in [0.3, 0.4) is 0 Å². The molecule has 3 aliphatic rings. The molecular formula is C21H39BN2O. The van der Waals surface area contributed by atoms with Crippen LogP contribution in [0.1, 0.15) is 79.1 Å². The Balaban J connectivity index is 1.93. The smallest absolute Gasteiger partial charge is 0.0950 e. The Labute approximate surface area is 156 Å². The fourth-order valence-corrected chi connectivity index (χ4v) is 6.16. The van der Waals surface area contributed by atoms with Crippen LogP contribution in [0.5, 0.6) is 0 Å². The van der Waals surface area contributed by atoms with E-state index >= 15 is 0 Å². The van der Waals surface area contributed by atoms with Gasteiger partial charge in [0, 0.05) is 12.1 Å². The van der Waals surface area contributed by atoms with Gasteiger partial charge in [-0.15, -0.1) is 0 Å². The van der Waals surface area contributed by atoms with E-state index in [-0.39, 0.29) is 5.54 Å². The van der Waals surface area contributed by atoms with Crippen LogP contribution in [0.4, 0.5) is 0 Å². The van der Waals surface area contributed by atoms with Gasteiger partial charge in [0.2, 0.25) is 0 Å². The molecule has 142 valence electrons. The van der Waals surface area contributed by atoms with Crippen LogP contribution < -0.4 is 5.73 Å². The van der Waals surface area contributed by atoms with Crippen molar-refractivity contribution in [2.24, 2.45) is 23.5 Å². The summed E-state index contributed by atoms with van der Waals surface area (Å²) in [5.41, 5.74) is 6.32. The second-order valence-corrected chi connectivity index (χ2v) is 10.0. The highest BCUT2D eigenvalue weighted by Gasteiger charge is 2.57. The molecule has 0 bridgehead atoms. The number of hydrogen-bond acceptors (Lipinski definition) is 3. The first-order valence-corrected chi connectivity index (χ1v) is 10.7. The highest BCUT2D eigenvalue weighted by Crippen LogP contribution is 2.50. The van der Waals surface area contributed by atoms with Crippen molar-refractivity contribution in [1.82, 2.24) is 4.90 Å². The summed E-state index contributed by atoms with van der Waals surface area (Å²) in [6, 6.07) is 1.17. The highest BCUT2D eigenvalue weighted by atomic mass is 16.5. The summed E-state index contributed by atoms with van der Waals surface area (Å²) in [5, 5.41) is 0. The number of nitrogens with two attached hydrogens (primary N) is 1. The summed E-state index contributed by atoms with van der Waals surface area (Å²) in [4.78, 5) is 2.86. The van der Waals surface area contributed by atoms with Crippen molar-refractivity contribution in [3.8, 4) is 0 Å². The van der Waals surface area contributed by atoms with Gasteiger partial charge in [-0.1, -0.05) is 33.1 Å². The molecule has 3 nitrogen and oxygen atoms in total. The maximum absolute atomic E-state index is 6.54. The molecule has 25 heavy (non-hydrogen) atoms. The summed E-state index contributed by atoms with van der Waals surface area (Å²) >= 11 is 0. The second kappa shape index (κ2) is 7.52. The first kappa shape index (κ1) is 19.7. The quantitative estimate of drug-likeness (QED) is 0.792. The van der Waals surface area contributed by atoms with E-state index in [1.807, 2.05) is 0 Å². The molecule has 1 spiro atoms. The molecule has 4 heteroatoms. The topological polar surface area (TPSA) is 38.5 Å². The number of piperidine rings is 1. The predicted molar refractivity (Wildman–Crippen MR) is 106 cm³/mol. The van der Waals surface area contributed by atoms with Gasteiger partial charge in [-0.05, 0) is 69.1 Å². The largest absolute Gasteiger partial charge is 0.377 e. The van der Waals surface area contributed by atoms with E-state index < -0.39 is 5.44 Å². The van der Waals surface area contributed by atoms with Gasteiger partial charge in [-0.2, -0.15) is 0 Å². The molecule has 0 aromatic carbocycles. The van der Waals surface area contributed by atoms with Crippen molar-refractivity contribution in [3.63, 3.8) is 0 Å². The van der Waals surface area contributed by atoms with Crippen molar-refractivity contribution in [1.29, 1.82) is 0 Å². The van der Waals surface area contributed by atoms with Crippen LogP contribution in [-0.4, -0.2) is 49.0 Å². The number of fused-ring (bicyclic) bond motifs is 1. The molecule has 0 aromatic heterocycles. The Morgan fingerprint density at radius 2 is 1.88 bits per heavy atom. The third-order valence-corrected chi connectivity index (χ3v) is 7.06. The lowest BCUT2D eigenvalue weighted by Gasteiger charge is -2.64. The van der Waals surface area contributed by atoms with E-state index in [0.29, 0.717) is 23.9 Å². The first-order chi connectivity index (χ1) is 11.8. The fourth-order valence-electron chi connectivity index (χ4n) is 6.16. The Morgan fingerprint density at radius 1 is 1.16 bits per heavy atom. The normalized spacial score (nSPS) is 39.6. The van der Waals surface area contributed by atoms with Crippen LogP contribution in [-0.2, 0) is 4.74 Å². The van der Waals surface area contributed by atoms with E-state index in [9.17, 15) is 0 Å². The molecule has 1 aliphatic carbocycles. The fraction of sp³-hybridized carbons (Fsp3) is 1.00. The van der Waals surface area contributed by atoms with Gasteiger partial charge >= 0.3 is 0 Å². The summed E-state index contributed by atoms with van der Waals surface area (Å²) in [7, 11) is 6.54. The van der Waals surface area contributed by atoms with Crippen LogP contribution >= 0.6 is 0 Å². The lowest BCUT2D eigenvalue weighted by molar-refractivity contribution is -0.225. The Kier molecular flexibility index (Phi) is 5.93. The first-order valence-electron chi connectivity index (χ1n) is 10.7. The summed E-state index contributed by atoms with van der Waals surface area (Å²) in [6.07, 6.45) is 9.58. The van der Waals surface area contributed by atoms with E-state index in [2.05, 4.69) is 32.6 Å². The number of rotatable bonds is 3. The molecule has 1 saturated carbocycles. The standard InChI is InChI=1S/C21H39BN2O/c1-15(2)10-18-11-17-12-21(22,23)9-7-5-6-8-19(17)24(16(3)4)20(18)13-25-14-20/h15-19H,5-14,23H2,1-4H3. The van der Waals surface area contributed by atoms with Gasteiger partial charge in [0.15, 0.2) is 0 Å². The zero-order valence-electron chi connectivity index (χ0n) is 17.0. The van der Waals surface area contributed by atoms with Gasteiger partial charge in [0.1, 0.15) is 0 Å². The van der Waals surface area contributed by atoms with Crippen molar-refractivity contribution in [2.45, 2.75) is 102 Å².